The van der Waals surface area contributed by atoms with Gasteiger partial charge in [0.15, 0.2) is 0 Å². The van der Waals surface area contributed by atoms with Crippen LogP contribution in [0.4, 0.5) is 0 Å². The Morgan fingerprint density at radius 1 is 1.21 bits per heavy atom. The van der Waals surface area contributed by atoms with Crippen molar-refractivity contribution < 1.29 is 9.59 Å². The van der Waals surface area contributed by atoms with E-state index in [9.17, 15) is 9.59 Å². The van der Waals surface area contributed by atoms with Gasteiger partial charge in [0.05, 0.1) is 0 Å². The van der Waals surface area contributed by atoms with Gasteiger partial charge in [-0.1, -0.05) is 30.3 Å². The number of amides is 2. The average molecular weight is 352 g/mol. The highest BCUT2D eigenvalue weighted by atomic mass is 35.5. The molecule has 2 atom stereocenters. The minimum absolute atomic E-state index is 0. The number of hydrogen-bond acceptors (Lipinski definition) is 3. The van der Waals surface area contributed by atoms with Crippen LogP contribution < -0.4 is 5.32 Å². The lowest BCUT2D eigenvalue weighted by Crippen LogP contribution is -2.55. The molecular formula is C18H26ClN3O2. The molecule has 0 aromatic heterocycles. The molecule has 132 valence electrons. The molecule has 2 aliphatic heterocycles. The largest absolute Gasteiger partial charge is 0.338 e. The van der Waals surface area contributed by atoms with E-state index in [1.54, 1.807) is 4.90 Å². The molecule has 6 heteroatoms. The Kier molecular flexibility index (Phi) is 6.63. The van der Waals surface area contributed by atoms with Crippen LogP contribution in [0.5, 0.6) is 0 Å². The van der Waals surface area contributed by atoms with E-state index < -0.39 is 6.04 Å². The van der Waals surface area contributed by atoms with Gasteiger partial charge in [0.2, 0.25) is 11.8 Å². The molecule has 24 heavy (non-hydrogen) atoms. The van der Waals surface area contributed by atoms with Gasteiger partial charge in [-0.3, -0.25) is 9.59 Å². The van der Waals surface area contributed by atoms with E-state index in [0.717, 1.165) is 24.9 Å². The Labute approximate surface area is 149 Å². The molecule has 2 heterocycles. The van der Waals surface area contributed by atoms with Gasteiger partial charge in [-0.15, -0.1) is 12.4 Å². The summed E-state index contributed by atoms with van der Waals surface area (Å²) in [5.41, 5.74) is 0.916. The van der Waals surface area contributed by atoms with E-state index >= 15 is 0 Å². The monoisotopic (exact) mass is 351 g/mol. The summed E-state index contributed by atoms with van der Waals surface area (Å²) >= 11 is 0. The van der Waals surface area contributed by atoms with E-state index in [-0.39, 0.29) is 24.2 Å². The van der Waals surface area contributed by atoms with Gasteiger partial charge >= 0.3 is 0 Å². The Hall–Kier alpha value is -1.59. The summed E-state index contributed by atoms with van der Waals surface area (Å²) in [4.78, 5) is 29.3. The number of piperidine rings is 1. The molecule has 0 saturated carbocycles. The van der Waals surface area contributed by atoms with Crippen molar-refractivity contribution in [2.24, 2.45) is 0 Å². The molecule has 0 radical (unpaired) electrons. The minimum atomic E-state index is -0.478. The second-order valence-corrected chi connectivity index (χ2v) is 6.50. The van der Waals surface area contributed by atoms with E-state index in [2.05, 4.69) is 12.2 Å². The first-order valence-corrected chi connectivity index (χ1v) is 8.53. The van der Waals surface area contributed by atoms with Crippen molar-refractivity contribution in [1.82, 2.24) is 15.1 Å². The summed E-state index contributed by atoms with van der Waals surface area (Å²) in [5.74, 6) is 0.154. The molecule has 0 bridgehead atoms. The van der Waals surface area contributed by atoms with Crippen molar-refractivity contribution in [2.75, 3.05) is 26.2 Å². The average Bonchev–Trinajstić information content (AvgIpc) is 2.58. The molecule has 1 aromatic rings. The van der Waals surface area contributed by atoms with E-state index in [4.69, 9.17) is 0 Å². The molecule has 2 fully saturated rings. The van der Waals surface area contributed by atoms with E-state index in [0.29, 0.717) is 32.1 Å². The van der Waals surface area contributed by atoms with Crippen LogP contribution in [0.2, 0.25) is 0 Å². The first-order valence-electron chi connectivity index (χ1n) is 8.53. The Morgan fingerprint density at radius 3 is 2.62 bits per heavy atom. The van der Waals surface area contributed by atoms with Crippen molar-refractivity contribution in [3.05, 3.63) is 35.9 Å². The zero-order chi connectivity index (χ0) is 16.2. The number of nitrogens with zero attached hydrogens (tertiary/aromatic N) is 2. The highest BCUT2D eigenvalue weighted by Crippen LogP contribution is 2.27. The summed E-state index contributed by atoms with van der Waals surface area (Å²) in [6.07, 6.45) is 2.45. The highest BCUT2D eigenvalue weighted by molar-refractivity contribution is 5.89. The fourth-order valence-corrected chi connectivity index (χ4v) is 3.50. The lowest BCUT2D eigenvalue weighted by Gasteiger charge is -2.39. The van der Waals surface area contributed by atoms with Crippen molar-refractivity contribution in [1.29, 1.82) is 0 Å². The molecule has 3 rings (SSSR count). The number of piperazine rings is 1. The second kappa shape index (κ2) is 8.49. The van der Waals surface area contributed by atoms with Crippen LogP contribution in [0.15, 0.2) is 30.3 Å². The zero-order valence-electron chi connectivity index (χ0n) is 14.1. The number of likely N-dealkylation sites (tertiary alicyclic amines) is 1. The van der Waals surface area contributed by atoms with Gasteiger partial charge in [-0.05, 0) is 25.3 Å². The van der Waals surface area contributed by atoms with Crippen LogP contribution in [0.3, 0.4) is 0 Å². The number of carbonyl (C=O) groups excluding carboxylic acids is 2. The van der Waals surface area contributed by atoms with Crippen LogP contribution >= 0.6 is 12.4 Å². The maximum atomic E-state index is 13.2. The topological polar surface area (TPSA) is 52.7 Å². The molecule has 2 saturated heterocycles. The number of hydrogen-bond donors (Lipinski definition) is 1. The van der Waals surface area contributed by atoms with Gasteiger partial charge in [-0.25, -0.2) is 0 Å². The smallest absolute Gasteiger partial charge is 0.250 e. The number of rotatable bonds is 3. The third kappa shape index (κ3) is 4.08. The maximum Gasteiger partial charge on any atom is 0.250 e. The van der Waals surface area contributed by atoms with Crippen LogP contribution in [0.25, 0.3) is 0 Å². The van der Waals surface area contributed by atoms with Gasteiger partial charge < -0.3 is 15.1 Å². The molecular weight excluding hydrogens is 326 g/mol. The molecule has 5 nitrogen and oxygen atoms in total. The summed E-state index contributed by atoms with van der Waals surface area (Å²) in [7, 11) is 0. The third-order valence-corrected chi connectivity index (χ3v) is 4.70. The lowest BCUT2D eigenvalue weighted by atomic mass is 9.99. The van der Waals surface area contributed by atoms with Crippen LogP contribution in [-0.2, 0) is 9.59 Å². The summed E-state index contributed by atoms with van der Waals surface area (Å²) in [5, 5.41) is 3.36. The third-order valence-electron chi connectivity index (χ3n) is 4.70. The molecule has 0 spiro atoms. The summed E-state index contributed by atoms with van der Waals surface area (Å²) < 4.78 is 0. The highest BCUT2D eigenvalue weighted by Gasteiger charge is 2.36. The van der Waals surface area contributed by atoms with E-state index in [1.165, 1.54) is 0 Å². The second-order valence-electron chi connectivity index (χ2n) is 6.50. The Bertz CT molecular complexity index is 567. The van der Waals surface area contributed by atoms with Gasteiger partial charge in [0.25, 0.3) is 0 Å². The van der Waals surface area contributed by atoms with Crippen molar-refractivity contribution in [2.45, 2.75) is 38.3 Å². The summed E-state index contributed by atoms with van der Waals surface area (Å²) in [6, 6.07) is 9.53. The first kappa shape index (κ1) is 18.7. The SMILES string of the molecule is CC1CN(C(=O)C(c2ccccc2)N2CCCCC2=O)CCN1.Cl. The first-order chi connectivity index (χ1) is 11.2. The Balaban J connectivity index is 0.00000208. The van der Waals surface area contributed by atoms with Crippen molar-refractivity contribution in [3.63, 3.8) is 0 Å². The van der Waals surface area contributed by atoms with Crippen LogP contribution in [-0.4, -0.2) is 53.8 Å². The predicted molar refractivity (Wildman–Crippen MR) is 96.0 cm³/mol. The number of nitrogens with one attached hydrogen (secondary N) is 1. The van der Waals surface area contributed by atoms with Crippen LogP contribution in [0.1, 0.15) is 37.8 Å². The van der Waals surface area contributed by atoms with Gasteiger partial charge in [0, 0.05) is 38.6 Å². The standard InChI is InChI=1S/C18H25N3O2.ClH/c1-14-13-20(12-10-19-14)18(23)17(15-7-3-2-4-8-15)21-11-6-5-9-16(21)22;/h2-4,7-8,14,17,19H,5-6,9-13H2,1H3;1H. The molecule has 2 unspecified atom stereocenters. The fraction of sp³-hybridized carbons (Fsp3) is 0.556. The van der Waals surface area contributed by atoms with E-state index in [1.807, 2.05) is 35.2 Å². The molecule has 0 aliphatic carbocycles. The normalized spacial score (nSPS) is 22.7. The number of carbonyl (C=O) groups is 2. The van der Waals surface area contributed by atoms with Gasteiger partial charge in [0.1, 0.15) is 6.04 Å². The molecule has 2 amide bonds. The Morgan fingerprint density at radius 2 is 1.96 bits per heavy atom. The molecule has 1 N–H and O–H groups in total. The van der Waals surface area contributed by atoms with Crippen molar-refractivity contribution >= 4 is 24.2 Å². The van der Waals surface area contributed by atoms with Crippen LogP contribution in [0, 0.1) is 0 Å². The number of benzene rings is 1. The summed E-state index contributed by atoms with van der Waals surface area (Å²) in [6.45, 7) is 4.97. The maximum absolute atomic E-state index is 13.2. The number of halogens is 1. The minimum Gasteiger partial charge on any atom is -0.338 e. The fourth-order valence-electron chi connectivity index (χ4n) is 3.50. The molecule has 1 aromatic carbocycles. The zero-order valence-corrected chi connectivity index (χ0v) is 14.9. The molecule has 2 aliphatic rings. The van der Waals surface area contributed by atoms with Crippen molar-refractivity contribution in [3.8, 4) is 0 Å². The predicted octanol–water partition coefficient (Wildman–Crippen LogP) is 1.98. The quantitative estimate of drug-likeness (QED) is 0.906. The lowest BCUT2D eigenvalue weighted by molar-refractivity contribution is -0.148. The van der Waals surface area contributed by atoms with Gasteiger partial charge in [-0.2, -0.15) is 0 Å².